The van der Waals surface area contributed by atoms with Crippen LogP contribution in [0.4, 0.5) is 0 Å². The molecular formula is C20H23ClN2O2S. The molecule has 2 amide bonds. The van der Waals surface area contributed by atoms with Gasteiger partial charge in [0.2, 0.25) is 11.8 Å². The van der Waals surface area contributed by atoms with Crippen LogP contribution in [-0.4, -0.2) is 35.6 Å². The van der Waals surface area contributed by atoms with Gasteiger partial charge in [-0.1, -0.05) is 54.1 Å². The number of thioether (sulfide) groups is 1. The van der Waals surface area contributed by atoms with E-state index in [9.17, 15) is 9.59 Å². The van der Waals surface area contributed by atoms with E-state index in [-0.39, 0.29) is 11.8 Å². The van der Waals surface area contributed by atoms with Crippen LogP contribution in [0, 0.1) is 0 Å². The summed E-state index contributed by atoms with van der Waals surface area (Å²) in [5.41, 5.74) is 2.11. The van der Waals surface area contributed by atoms with E-state index in [1.807, 2.05) is 42.5 Å². The van der Waals surface area contributed by atoms with Gasteiger partial charge < -0.3 is 10.2 Å². The molecule has 0 aromatic heterocycles. The van der Waals surface area contributed by atoms with Crippen molar-refractivity contribution < 1.29 is 9.59 Å². The molecule has 0 spiro atoms. The molecule has 1 N–H and O–H groups in total. The normalized spacial score (nSPS) is 11.7. The Kier molecular flexibility index (Phi) is 8.01. The van der Waals surface area contributed by atoms with Crippen LogP contribution in [0.5, 0.6) is 0 Å². The van der Waals surface area contributed by atoms with Crippen molar-refractivity contribution in [3.8, 4) is 0 Å². The summed E-state index contributed by atoms with van der Waals surface area (Å²) in [7, 11) is 1.58. The number of nitrogens with zero attached hydrogens (tertiary/aromatic N) is 1. The Balaban J connectivity index is 2.02. The van der Waals surface area contributed by atoms with Crippen molar-refractivity contribution >= 4 is 35.2 Å². The van der Waals surface area contributed by atoms with Crippen molar-refractivity contribution in [1.82, 2.24) is 10.2 Å². The van der Waals surface area contributed by atoms with Gasteiger partial charge in [-0.15, -0.1) is 11.8 Å². The zero-order valence-electron chi connectivity index (χ0n) is 14.9. The molecule has 0 saturated heterocycles. The molecule has 1 atom stereocenters. The molecular weight excluding hydrogens is 368 g/mol. The lowest BCUT2D eigenvalue weighted by Crippen LogP contribution is -2.47. The molecule has 4 nitrogen and oxygen atoms in total. The van der Waals surface area contributed by atoms with Crippen molar-refractivity contribution in [1.29, 1.82) is 0 Å². The average Bonchev–Trinajstić information content (AvgIpc) is 2.67. The van der Waals surface area contributed by atoms with E-state index in [0.29, 0.717) is 17.3 Å². The van der Waals surface area contributed by atoms with Crippen LogP contribution in [0.15, 0.2) is 54.6 Å². The number of carbonyl (C=O) groups is 2. The van der Waals surface area contributed by atoms with E-state index in [1.165, 1.54) is 5.56 Å². The summed E-state index contributed by atoms with van der Waals surface area (Å²) >= 11 is 7.47. The Bertz CT molecular complexity index is 722. The van der Waals surface area contributed by atoms with Crippen molar-refractivity contribution in [3.63, 3.8) is 0 Å². The van der Waals surface area contributed by atoms with Gasteiger partial charge in [0, 0.05) is 24.4 Å². The third-order valence-electron chi connectivity index (χ3n) is 4.02. The molecule has 2 aromatic carbocycles. The summed E-state index contributed by atoms with van der Waals surface area (Å²) in [4.78, 5) is 26.4. The third-order valence-corrected chi connectivity index (χ3v) is 5.26. The number of nitrogens with one attached hydrogen (secondary N) is 1. The van der Waals surface area contributed by atoms with Gasteiger partial charge >= 0.3 is 0 Å². The summed E-state index contributed by atoms with van der Waals surface area (Å²) in [5.74, 6) is 0.844. The zero-order valence-corrected chi connectivity index (χ0v) is 16.5. The van der Waals surface area contributed by atoms with Crippen LogP contribution >= 0.6 is 23.4 Å². The highest BCUT2D eigenvalue weighted by Gasteiger charge is 2.25. The van der Waals surface area contributed by atoms with Gasteiger partial charge in [-0.05, 0) is 30.2 Å². The van der Waals surface area contributed by atoms with Gasteiger partial charge in [-0.3, -0.25) is 9.59 Å². The number of benzene rings is 2. The van der Waals surface area contributed by atoms with E-state index in [1.54, 1.807) is 42.8 Å². The largest absolute Gasteiger partial charge is 0.357 e. The monoisotopic (exact) mass is 390 g/mol. The minimum atomic E-state index is -0.541. The summed E-state index contributed by atoms with van der Waals surface area (Å²) in [5, 5.41) is 3.26. The van der Waals surface area contributed by atoms with Gasteiger partial charge in [0.05, 0.1) is 5.75 Å². The highest BCUT2D eigenvalue weighted by atomic mass is 35.5. The fourth-order valence-corrected chi connectivity index (χ4v) is 3.49. The highest BCUT2D eigenvalue weighted by molar-refractivity contribution is 7.99. The minimum Gasteiger partial charge on any atom is -0.357 e. The number of halogens is 1. The molecule has 0 fully saturated rings. The Morgan fingerprint density at radius 3 is 2.35 bits per heavy atom. The standard InChI is InChI=1S/C20H23ClN2O2S/c1-15(20(25)22-2)23(12-16-8-10-18(21)11-9-16)19(24)14-26-13-17-6-4-3-5-7-17/h3-11,15H,12-14H2,1-2H3,(H,22,25). The minimum absolute atomic E-state index is 0.0584. The second-order valence-corrected chi connectivity index (χ2v) is 7.34. The first-order valence-corrected chi connectivity index (χ1v) is 9.91. The second-order valence-electron chi connectivity index (χ2n) is 5.92. The molecule has 138 valence electrons. The summed E-state index contributed by atoms with van der Waals surface area (Å²) in [6, 6.07) is 16.8. The highest BCUT2D eigenvalue weighted by Crippen LogP contribution is 2.17. The van der Waals surface area contributed by atoms with E-state index >= 15 is 0 Å². The quantitative estimate of drug-likeness (QED) is 0.747. The molecule has 0 aliphatic heterocycles. The average molecular weight is 391 g/mol. The SMILES string of the molecule is CNC(=O)C(C)N(Cc1ccc(Cl)cc1)C(=O)CSCc1ccccc1. The maximum Gasteiger partial charge on any atom is 0.242 e. The predicted molar refractivity (Wildman–Crippen MR) is 108 cm³/mol. The maximum absolute atomic E-state index is 12.8. The Labute approximate surface area is 163 Å². The molecule has 0 heterocycles. The van der Waals surface area contributed by atoms with Crippen LogP contribution in [-0.2, 0) is 21.9 Å². The first kappa shape index (κ1) is 20.3. The van der Waals surface area contributed by atoms with Gasteiger partial charge in [-0.2, -0.15) is 0 Å². The molecule has 0 bridgehead atoms. The predicted octanol–water partition coefficient (Wildman–Crippen LogP) is 3.74. The molecule has 0 aliphatic carbocycles. The first-order valence-electron chi connectivity index (χ1n) is 8.38. The van der Waals surface area contributed by atoms with Gasteiger partial charge in [-0.25, -0.2) is 0 Å². The number of carbonyl (C=O) groups excluding carboxylic acids is 2. The van der Waals surface area contributed by atoms with Crippen molar-refractivity contribution in [3.05, 3.63) is 70.7 Å². The number of amides is 2. The fourth-order valence-electron chi connectivity index (χ4n) is 2.49. The van der Waals surface area contributed by atoms with Crippen LogP contribution < -0.4 is 5.32 Å². The van der Waals surface area contributed by atoms with Crippen LogP contribution in [0.25, 0.3) is 0 Å². The van der Waals surface area contributed by atoms with Crippen LogP contribution in [0.1, 0.15) is 18.1 Å². The Morgan fingerprint density at radius 2 is 1.73 bits per heavy atom. The molecule has 6 heteroatoms. The lowest BCUT2D eigenvalue weighted by Gasteiger charge is -2.28. The summed E-state index contributed by atoms with van der Waals surface area (Å²) in [6.45, 7) is 2.12. The Morgan fingerprint density at radius 1 is 1.08 bits per heavy atom. The zero-order chi connectivity index (χ0) is 18.9. The van der Waals surface area contributed by atoms with Crippen LogP contribution in [0.2, 0.25) is 5.02 Å². The first-order chi connectivity index (χ1) is 12.5. The number of hydrogen-bond acceptors (Lipinski definition) is 3. The molecule has 1 unspecified atom stereocenters. The number of likely N-dealkylation sites (N-methyl/N-ethyl adjacent to an activating group) is 1. The van der Waals surface area contributed by atoms with E-state index in [2.05, 4.69) is 5.32 Å². The summed E-state index contributed by atoms with van der Waals surface area (Å²) < 4.78 is 0. The lowest BCUT2D eigenvalue weighted by molar-refractivity contribution is -0.138. The molecule has 2 rings (SSSR count). The number of rotatable bonds is 8. The van der Waals surface area contributed by atoms with Gasteiger partial charge in [0.25, 0.3) is 0 Å². The molecule has 0 aliphatic rings. The molecule has 0 saturated carbocycles. The van der Waals surface area contributed by atoms with Crippen LogP contribution in [0.3, 0.4) is 0 Å². The third kappa shape index (κ3) is 6.07. The molecule has 0 radical (unpaired) electrons. The van der Waals surface area contributed by atoms with E-state index < -0.39 is 6.04 Å². The summed E-state index contributed by atoms with van der Waals surface area (Å²) in [6.07, 6.45) is 0. The smallest absolute Gasteiger partial charge is 0.242 e. The van der Waals surface area contributed by atoms with Crippen molar-refractivity contribution in [2.45, 2.75) is 25.3 Å². The van der Waals surface area contributed by atoms with Gasteiger partial charge in [0.15, 0.2) is 0 Å². The maximum atomic E-state index is 12.8. The lowest BCUT2D eigenvalue weighted by atomic mass is 10.1. The number of hydrogen-bond donors (Lipinski definition) is 1. The van der Waals surface area contributed by atoms with Gasteiger partial charge in [0.1, 0.15) is 6.04 Å². The topological polar surface area (TPSA) is 49.4 Å². The fraction of sp³-hybridized carbons (Fsp3) is 0.300. The Hall–Kier alpha value is -1.98. The molecule has 26 heavy (non-hydrogen) atoms. The molecule has 2 aromatic rings. The van der Waals surface area contributed by atoms with Crippen molar-refractivity contribution in [2.24, 2.45) is 0 Å². The van der Waals surface area contributed by atoms with Crippen molar-refractivity contribution in [2.75, 3.05) is 12.8 Å². The second kappa shape index (κ2) is 10.2. The van der Waals surface area contributed by atoms with E-state index in [0.717, 1.165) is 11.3 Å². The van der Waals surface area contributed by atoms with E-state index in [4.69, 9.17) is 11.6 Å².